The molecule has 0 spiro atoms. The molecule has 0 bridgehead atoms. The lowest BCUT2D eigenvalue weighted by Gasteiger charge is -2.45. The van der Waals surface area contributed by atoms with Crippen LogP contribution in [0.4, 0.5) is 0 Å². The molecule has 3 aliphatic rings. The van der Waals surface area contributed by atoms with Gasteiger partial charge in [-0.3, -0.25) is 4.79 Å². The number of aliphatic hydroxyl groups is 1. The van der Waals surface area contributed by atoms with E-state index in [1.807, 2.05) is 12.2 Å². The zero-order chi connectivity index (χ0) is 21.5. The van der Waals surface area contributed by atoms with Crippen LogP contribution in [-0.4, -0.2) is 34.0 Å². The molecule has 0 amide bonds. The number of aliphatic hydroxyl groups excluding tert-OH is 1. The van der Waals surface area contributed by atoms with Gasteiger partial charge >= 0.3 is 5.97 Å². The van der Waals surface area contributed by atoms with Gasteiger partial charge in [-0.2, -0.15) is 0 Å². The molecule has 0 aromatic carbocycles. The predicted octanol–water partition coefficient (Wildman–Crippen LogP) is 4.91. The van der Waals surface area contributed by atoms with Crippen molar-refractivity contribution in [1.82, 2.24) is 0 Å². The first-order chi connectivity index (χ1) is 13.6. The summed E-state index contributed by atoms with van der Waals surface area (Å²) in [6, 6.07) is 0. The first kappa shape index (κ1) is 22.0. The van der Waals surface area contributed by atoms with E-state index in [4.69, 9.17) is 9.84 Å². The predicted molar refractivity (Wildman–Crippen MR) is 115 cm³/mol. The smallest absolute Gasteiger partial charge is 0.309 e. The fraction of sp³-hybridized carbons (Fsp3) is 0.640. The molecule has 1 saturated heterocycles. The van der Waals surface area contributed by atoms with Crippen LogP contribution in [0, 0.1) is 29.6 Å². The molecular formula is C25H36O4. The second kappa shape index (κ2) is 8.23. The molecular weight excluding hydrogens is 364 g/mol. The highest BCUT2D eigenvalue weighted by Gasteiger charge is 2.68. The van der Waals surface area contributed by atoms with Gasteiger partial charge in [0.15, 0.2) is 0 Å². The molecule has 160 valence electrons. The molecule has 2 N–H and O–H groups in total. The molecule has 0 radical (unpaired) electrons. The van der Waals surface area contributed by atoms with Crippen LogP contribution in [0.3, 0.4) is 0 Å². The zero-order valence-electron chi connectivity index (χ0n) is 18.6. The Bertz CT molecular complexity index is 774. The van der Waals surface area contributed by atoms with Crippen molar-refractivity contribution in [2.75, 3.05) is 0 Å². The third-order valence-electron chi connectivity index (χ3n) is 7.59. The largest absolute Gasteiger partial charge is 0.481 e. The van der Waals surface area contributed by atoms with E-state index in [0.29, 0.717) is 35.3 Å². The van der Waals surface area contributed by atoms with Crippen molar-refractivity contribution in [3.8, 4) is 0 Å². The molecule has 8 unspecified atom stereocenters. The van der Waals surface area contributed by atoms with E-state index in [1.165, 1.54) is 18.1 Å². The Morgan fingerprint density at radius 2 is 2.03 bits per heavy atom. The molecule has 1 aliphatic heterocycles. The molecule has 2 aliphatic carbocycles. The first-order valence-corrected chi connectivity index (χ1v) is 10.8. The third-order valence-corrected chi connectivity index (χ3v) is 7.59. The van der Waals surface area contributed by atoms with Gasteiger partial charge < -0.3 is 14.9 Å². The van der Waals surface area contributed by atoms with Crippen LogP contribution in [-0.2, 0) is 9.53 Å². The summed E-state index contributed by atoms with van der Waals surface area (Å²) in [5, 5.41) is 19.4. The van der Waals surface area contributed by atoms with E-state index < -0.39 is 18.0 Å². The van der Waals surface area contributed by atoms with Crippen molar-refractivity contribution in [3.05, 3.63) is 47.1 Å². The number of carboxylic acids is 1. The van der Waals surface area contributed by atoms with E-state index in [0.717, 1.165) is 12.8 Å². The Kier molecular flexibility index (Phi) is 6.26. The highest BCUT2D eigenvalue weighted by molar-refractivity contribution is 5.70. The Morgan fingerprint density at radius 3 is 2.66 bits per heavy atom. The molecule has 0 aromatic rings. The Labute approximate surface area is 175 Å². The molecule has 4 heteroatoms. The van der Waals surface area contributed by atoms with Crippen LogP contribution in [0.5, 0.6) is 0 Å². The van der Waals surface area contributed by atoms with Gasteiger partial charge in [-0.15, -0.1) is 0 Å². The van der Waals surface area contributed by atoms with Gasteiger partial charge in [0, 0.05) is 5.92 Å². The van der Waals surface area contributed by atoms with Gasteiger partial charge in [0.05, 0.1) is 23.7 Å². The number of carboxylic acid groups (broad SMARTS) is 1. The zero-order valence-corrected chi connectivity index (χ0v) is 18.6. The lowest BCUT2D eigenvalue weighted by Crippen LogP contribution is -2.46. The van der Waals surface area contributed by atoms with Crippen LogP contribution in [0.25, 0.3) is 0 Å². The number of hydrogen-bond donors (Lipinski definition) is 2. The van der Waals surface area contributed by atoms with E-state index in [-0.39, 0.29) is 5.60 Å². The van der Waals surface area contributed by atoms with Crippen LogP contribution >= 0.6 is 0 Å². The summed E-state index contributed by atoms with van der Waals surface area (Å²) in [5.74, 6) is 0.0149. The van der Waals surface area contributed by atoms with Gasteiger partial charge in [0.1, 0.15) is 0 Å². The average molecular weight is 401 g/mol. The molecule has 29 heavy (non-hydrogen) atoms. The number of allylic oxidation sites excluding steroid dienone is 6. The molecule has 1 heterocycles. The lowest BCUT2D eigenvalue weighted by atomic mass is 9.57. The van der Waals surface area contributed by atoms with Gasteiger partial charge in [-0.05, 0) is 77.7 Å². The van der Waals surface area contributed by atoms with Crippen molar-refractivity contribution in [3.63, 3.8) is 0 Å². The Morgan fingerprint density at radius 1 is 1.34 bits per heavy atom. The number of carbonyl (C=O) groups is 1. The number of epoxide rings is 1. The molecule has 1 saturated carbocycles. The molecule has 3 rings (SSSR count). The topological polar surface area (TPSA) is 70.1 Å². The van der Waals surface area contributed by atoms with Crippen LogP contribution in [0.1, 0.15) is 54.4 Å². The quantitative estimate of drug-likeness (QED) is 0.377. The van der Waals surface area contributed by atoms with Gasteiger partial charge in [-0.1, -0.05) is 41.5 Å². The highest BCUT2D eigenvalue weighted by atomic mass is 16.6. The summed E-state index contributed by atoms with van der Waals surface area (Å²) < 4.78 is 6.35. The summed E-state index contributed by atoms with van der Waals surface area (Å²) in [5.41, 5.74) is 3.42. The minimum absolute atomic E-state index is 0.0967. The second-order valence-corrected chi connectivity index (χ2v) is 9.50. The summed E-state index contributed by atoms with van der Waals surface area (Å²) in [6.45, 7) is 12.1. The Hall–Kier alpha value is -1.65. The van der Waals surface area contributed by atoms with Crippen molar-refractivity contribution in [1.29, 1.82) is 0 Å². The van der Waals surface area contributed by atoms with Gasteiger partial charge in [0.2, 0.25) is 0 Å². The maximum Gasteiger partial charge on any atom is 0.309 e. The highest BCUT2D eigenvalue weighted by Crippen LogP contribution is 2.63. The minimum Gasteiger partial charge on any atom is -0.481 e. The second-order valence-electron chi connectivity index (χ2n) is 9.50. The first-order valence-electron chi connectivity index (χ1n) is 10.8. The number of aliphatic carboxylic acids is 1. The third kappa shape index (κ3) is 4.02. The standard InChI is InChI=1S/C25H36O4/c1-7-15(3)21-19(10-8-9-16(4)22(26)17(5)24(27)28)18-12-11-14(2)13-20(18)23-25(21,6)29-23/h7-11,17-23,26H,12-13H2,1-6H3,(H,27,28). The normalized spacial score (nSPS) is 39.4. The number of hydrogen-bond acceptors (Lipinski definition) is 3. The minimum atomic E-state index is -0.984. The number of ether oxygens (including phenoxy) is 1. The summed E-state index contributed by atoms with van der Waals surface area (Å²) in [7, 11) is 0. The van der Waals surface area contributed by atoms with Crippen LogP contribution < -0.4 is 0 Å². The van der Waals surface area contributed by atoms with Crippen molar-refractivity contribution < 1.29 is 19.7 Å². The van der Waals surface area contributed by atoms with E-state index in [1.54, 1.807) is 6.92 Å². The van der Waals surface area contributed by atoms with Crippen LogP contribution in [0.2, 0.25) is 0 Å². The molecule has 2 fully saturated rings. The van der Waals surface area contributed by atoms with Gasteiger partial charge in [0.25, 0.3) is 0 Å². The Balaban J connectivity index is 1.88. The summed E-state index contributed by atoms with van der Waals surface area (Å²) in [4.78, 5) is 11.1. The summed E-state index contributed by atoms with van der Waals surface area (Å²) in [6.07, 6.45) is 12.3. The molecule has 8 atom stereocenters. The van der Waals surface area contributed by atoms with E-state index in [9.17, 15) is 9.90 Å². The maximum absolute atomic E-state index is 11.1. The van der Waals surface area contributed by atoms with Crippen molar-refractivity contribution in [2.24, 2.45) is 29.6 Å². The van der Waals surface area contributed by atoms with Crippen molar-refractivity contribution in [2.45, 2.75) is 72.2 Å². The monoisotopic (exact) mass is 400 g/mol. The average Bonchev–Trinajstić information content (AvgIpc) is 3.38. The van der Waals surface area contributed by atoms with Crippen molar-refractivity contribution >= 4 is 5.97 Å². The molecule has 0 aromatic heterocycles. The van der Waals surface area contributed by atoms with E-state index >= 15 is 0 Å². The van der Waals surface area contributed by atoms with Gasteiger partial charge in [-0.25, -0.2) is 0 Å². The fourth-order valence-electron chi connectivity index (χ4n) is 5.68. The number of fused-ring (bicyclic) bond motifs is 3. The molecule has 4 nitrogen and oxygen atoms in total. The summed E-state index contributed by atoms with van der Waals surface area (Å²) >= 11 is 0. The fourth-order valence-corrected chi connectivity index (χ4v) is 5.68. The SMILES string of the molecule is CC=C(C)C1C(C=CC=C(C)C(O)C(C)C(=O)O)C2CC=C(C)CC2C2OC21C. The van der Waals surface area contributed by atoms with E-state index in [2.05, 4.69) is 45.9 Å². The lowest BCUT2D eigenvalue weighted by molar-refractivity contribution is -0.143. The van der Waals surface area contributed by atoms with Crippen LogP contribution in [0.15, 0.2) is 47.1 Å². The maximum atomic E-state index is 11.1. The number of rotatable bonds is 6.